The number of hydrogen-bond acceptors (Lipinski definition) is 3. The Hall–Kier alpha value is -1.82. The van der Waals surface area contributed by atoms with Crippen molar-refractivity contribution in [2.75, 3.05) is 13.1 Å². The molecule has 1 aromatic heterocycles. The number of carbonyl (C=O) groups is 2. The van der Waals surface area contributed by atoms with Gasteiger partial charge < -0.3 is 9.88 Å². The fraction of sp³-hybridized carbons (Fsp3) is 0.684. The molecule has 1 aliphatic carbocycles. The van der Waals surface area contributed by atoms with Gasteiger partial charge in [0.2, 0.25) is 5.91 Å². The minimum absolute atomic E-state index is 0.161. The highest BCUT2D eigenvalue weighted by Gasteiger charge is 2.29. The van der Waals surface area contributed by atoms with Gasteiger partial charge in [-0.1, -0.05) is 26.7 Å². The van der Waals surface area contributed by atoms with Crippen LogP contribution in [0.5, 0.6) is 0 Å². The van der Waals surface area contributed by atoms with Crippen molar-refractivity contribution in [1.29, 1.82) is 0 Å². The van der Waals surface area contributed by atoms with E-state index in [1.807, 2.05) is 6.07 Å². The minimum atomic E-state index is -0.357. The monoisotopic (exact) mass is 346 g/mol. The molecule has 3 amide bonds. The number of nitrogens with one attached hydrogen (secondary N) is 2. The fourth-order valence-corrected chi connectivity index (χ4v) is 4.18. The van der Waals surface area contributed by atoms with Gasteiger partial charge in [-0.2, -0.15) is 0 Å². The van der Waals surface area contributed by atoms with Gasteiger partial charge in [0.1, 0.15) is 0 Å². The van der Waals surface area contributed by atoms with Crippen LogP contribution in [0.1, 0.15) is 51.8 Å². The van der Waals surface area contributed by atoms with Crippen molar-refractivity contribution in [2.45, 2.75) is 58.7 Å². The molecule has 0 saturated heterocycles. The zero-order valence-corrected chi connectivity index (χ0v) is 15.5. The van der Waals surface area contributed by atoms with Crippen LogP contribution in [0.4, 0.5) is 4.79 Å². The first-order valence-corrected chi connectivity index (χ1v) is 9.45. The van der Waals surface area contributed by atoms with Crippen LogP contribution in [-0.2, 0) is 11.3 Å². The third-order valence-corrected chi connectivity index (χ3v) is 6.09. The Kier molecular flexibility index (Phi) is 5.47. The zero-order chi connectivity index (χ0) is 18.0. The highest BCUT2D eigenvalue weighted by atomic mass is 16.2. The predicted octanol–water partition coefficient (Wildman–Crippen LogP) is 2.52. The number of aromatic nitrogens is 1. The Labute approximate surface area is 149 Å². The summed E-state index contributed by atoms with van der Waals surface area (Å²) in [4.78, 5) is 26.6. The maximum Gasteiger partial charge on any atom is 0.321 e. The number of fused-ring (bicyclic) bond motifs is 1. The summed E-state index contributed by atoms with van der Waals surface area (Å²) in [6.45, 7) is 8.45. The van der Waals surface area contributed by atoms with Gasteiger partial charge >= 0.3 is 6.03 Å². The lowest BCUT2D eigenvalue weighted by Crippen LogP contribution is -2.51. The number of nitrogens with zero attached hydrogens (tertiary/aromatic N) is 2. The molecule has 0 bridgehead atoms. The summed E-state index contributed by atoms with van der Waals surface area (Å²) in [6.07, 6.45) is 5.42. The van der Waals surface area contributed by atoms with Crippen LogP contribution in [0.3, 0.4) is 0 Å². The van der Waals surface area contributed by atoms with Gasteiger partial charge in [0, 0.05) is 37.1 Å². The number of hydrogen-bond donors (Lipinski definition) is 2. The van der Waals surface area contributed by atoms with Gasteiger partial charge in [-0.15, -0.1) is 0 Å². The summed E-state index contributed by atoms with van der Waals surface area (Å²) in [5.74, 6) is 0.825. The topological polar surface area (TPSA) is 66.4 Å². The van der Waals surface area contributed by atoms with Gasteiger partial charge in [0.25, 0.3) is 0 Å². The van der Waals surface area contributed by atoms with Gasteiger partial charge in [0.15, 0.2) is 0 Å². The Morgan fingerprint density at radius 2 is 2.00 bits per heavy atom. The summed E-state index contributed by atoms with van der Waals surface area (Å²) >= 11 is 0. The van der Waals surface area contributed by atoms with E-state index in [0.29, 0.717) is 11.8 Å². The average molecular weight is 346 g/mol. The molecular weight excluding hydrogens is 316 g/mol. The van der Waals surface area contributed by atoms with Crippen LogP contribution in [-0.4, -0.2) is 40.5 Å². The van der Waals surface area contributed by atoms with Crippen molar-refractivity contribution in [2.24, 2.45) is 11.8 Å². The normalized spacial score (nSPS) is 29.7. The minimum Gasteiger partial charge on any atom is -0.349 e. The lowest BCUT2D eigenvalue weighted by atomic mass is 9.78. The van der Waals surface area contributed by atoms with Crippen LogP contribution in [0.15, 0.2) is 18.3 Å². The maximum absolute atomic E-state index is 12.3. The van der Waals surface area contributed by atoms with Crippen molar-refractivity contribution in [1.82, 2.24) is 20.1 Å². The number of rotatable bonds is 3. The van der Waals surface area contributed by atoms with E-state index in [9.17, 15) is 9.59 Å². The molecule has 6 nitrogen and oxygen atoms in total. The molecule has 0 unspecified atom stereocenters. The van der Waals surface area contributed by atoms with Gasteiger partial charge in [-0.25, -0.2) is 4.79 Å². The second-order valence-electron chi connectivity index (χ2n) is 7.67. The summed E-state index contributed by atoms with van der Waals surface area (Å²) in [5, 5.41) is 5.51. The van der Waals surface area contributed by atoms with Crippen molar-refractivity contribution >= 4 is 11.9 Å². The second-order valence-corrected chi connectivity index (χ2v) is 7.67. The molecule has 4 atom stereocenters. The van der Waals surface area contributed by atoms with Crippen LogP contribution in [0.25, 0.3) is 0 Å². The molecule has 0 aromatic carbocycles. The molecule has 2 N–H and O–H groups in total. The SMILES string of the molecule is C[C@H]1[C@H](C)CCC[C@@H]1NC(=O)NC(=O)CN1CCn2cccc2[C@@H]1C. The number of imide groups is 1. The van der Waals surface area contributed by atoms with E-state index in [4.69, 9.17) is 0 Å². The van der Waals surface area contributed by atoms with Crippen molar-refractivity contribution in [3.8, 4) is 0 Å². The van der Waals surface area contributed by atoms with Crippen LogP contribution >= 0.6 is 0 Å². The predicted molar refractivity (Wildman–Crippen MR) is 97.1 cm³/mol. The summed E-state index contributed by atoms with van der Waals surface area (Å²) in [6, 6.07) is 4.11. The first-order chi connectivity index (χ1) is 12.0. The molecule has 1 aromatic rings. The first kappa shape index (κ1) is 18.0. The summed E-state index contributed by atoms with van der Waals surface area (Å²) in [7, 11) is 0. The molecule has 1 fully saturated rings. The van der Waals surface area contributed by atoms with Crippen LogP contribution in [0.2, 0.25) is 0 Å². The van der Waals surface area contributed by atoms with E-state index < -0.39 is 0 Å². The standard InChI is InChI=1S/C19H30N4O2/c1-13-6-4-7-16(14(13)2)20-19(25)21-18(24)12-23-11-10-22-9-5-8-17(22)15(23)3/h5,8-9,13-16H,4,6-7,10-12H2,1-3H3,(H2,20,21,24,25)/t13-,14+,15+,16+/m1/s1. The molecule has 0 spiro atoms. The molecule has 2 aliphatic rings. The number of carbonyl (C=O) groups excluding carboxylic acids is 2. The van der Waals surface area contributed by atoms with Crippen molar-refractivity contribution in [3.63, 3.8) is 0 Å². The molecule has 25 heavy (non-hydrogen) atoms. The fourth-order valence-electron chi connectivity index (χ4n) is 4.18. The molecule has 0 radical (unpaired) electrons. The Balaban J connectivity index is 1.48. The van der Waals surface area contributed by atoms with E-state index in [0.717, 1.165) is 25.9 Å². The smallest absolute Gasteiger partial charge is 0.321 e. The van der Waals surface area contributed by atoms with E-state index in [1.54, 1.807) is 0 Å². The Morgan fingerprint density at radius 1 is 1.20 bits per heavy atom. The molecule has 1 aliphatic heterocycles. The lowest BCUT2D eigenvalue weighted by Gasteiger charge is -2.35. The van der Waals surface area contributed by atoms with Crippen LogP contribution < -0.4 is 10.6 Å². The highest BCUT2D eigenvalue weighted by Crippen LogP contribution is 2.29. The van der Waals surface area contributed by atoms with Crippen molar-refractivity contribution in [3.05, 3.63) is 24.0 Å². The third-order valence-electron chi connectivity index (χ3n) is 6.09. The molecule has 2 heterocycles. The molecule has 6 heteroatoms. The third kappa shape index (κ3) is 4.06. The van der Waals surface area contributed by atoms with Crippen molar-refractivity contribution < 1.29 is 9.59 Å². The van der Waals surface area contributed by atoms with Gasteiger partial charge in [-0.3, -0.25) is 15.0 Å². The Morgan fingerprint density at radius 3 is 2.80 bits per heavy atom. The maximum atomic E-state index is 12.3. The average Bonchev–Trinajstić information content (AvgIpc) is 3.04. The number of amides is 3. The molecule has 3 rings (SSSR count). The molecule has 1 saturated carbocycles. The van der Waals surface area contributed by atoms with E-state index in [1.165, 1.54) is 12.1 Å². The first-order valence-electron chi connectivity index (χ1n) is 9.45. The molecular formula is C19H30N4O2. The lowest BCUT2D eigenvalue weighted by molar-refractivity contribution is -0.122. The summed E-state index contributed by atoms with van der Waals surface area (Å²) in [5.41, 5.74) is 1.22. The van der Waals surface area contributed by atoms with Gasteiger partial charge in [-0.05, 0) is 37.3 Å². The molecule has 138 valence electrons. The Bertz CT molecular complexity index is 627. The summed E-state index contributed by atoms with van der Waals surface area (Å²) < 4.78 is 2.22. The largest absolute Gasteiger partial charge is 0.349 e. The van der Waals surface area contributed by atoms with Gasteiger partial charge in [0.05, 0.1) is 6.54 Å². The van der Waals surface area contributed by atoms with E-state index in [2.05, 4.69) is 53.1 Å². The quantitative estimate of drug-likeness (QED) is 0.884. The van der Waals surface area contributed by atoms with Crippen LogP contribution in [0, 0.1) is 11.8 Å². The zero-order valence-electron chi connectivity index (χ0n) is 15.5. The highest BCUT2D eigenvalue weighted by molar-refractivity contribution is 5.95. The second kappa shape index (κ2) is 7.60. The van der Waals surface area contributed by atoms with E-state index >= 15 is 0 Å². The van der Waals surface area contributed by atoms with E-state index in [-0.39, 0.29) is 30.6 Å². The number of urea groups is 1.